The van der Waals surface area contributed by atoms with E-state index in [0.717, 1.165) is 18.4 Å². The van der Waals surface area contributed by atoms with Gasteiger partial charge in [-0.3, -0.25) is 4.79 Å². The van der Waals surface area contributed by atoms with Gasteiger partial charge in [0.2, 0.25) is 5.91 Å². The molecular weight excluding hydrogens is 338 g/mol. The van der Waals surface area contributed by atoms with Gasteiger partial charge in [0.1, 0.15) is 11.9 Å². The number of amides is 3. The summed E-state index contributed by atoms with van der Waals surface area (Å²) in [6.45, 7) is 2.58. The van der Waals surface area contributed by atoms with Crippen LogP contribution in [0, 0.1) is 0 Å². The zero-order valence-electron chi connectivity index (χ0n) is 14.9. The highest BCUT2D eigenvalue weighted by atomic mass is 16.5. The topological polar surface area (TPSA) is 127 Å². The molecule has 9 heteroatoms. The number of piperidine rings is 1. The third kappa shape index (κ3) is 5.61. The second-order valence-corrected chi connectivity index (χ2v) is 5.98. The van der Waals surface area contributed by atoms with E-state index in [9.17, 15) is 14.4 Å². The summed E-state index contributed by atoms with van der Waals surface area (Å²) in [5.41, 5.74) is 6.29. The molecule has 3 amide bonds. The molecule has 2 rings (SSSR count). The van der Waals surface area contributed by atoms with E-state index >= 15 is 0 Å². The van der Waals surface area contributed by atoms with Gasteiger partial charge in [0.15, 0.2) is 0 Å². The van der Waals surface area contributed by atoms with Crippen LogP contribution in [0.5, 0.6) is 0 Å². The first-order chi connectivity index (χ1) is 12.5. The van der Waals surface area contributed by atoms with Crippen LogP contribution in [-0.2, 0) is 20.9 Å². The minimum Gasteiger partial charge on any atom is -0.464 e. The molecule has 0 bridgehead atoms. The van der Waals surface area contributed by atoms with Crippen molar-refractivity contribution in [3.63, 3.8) is 0 Å². The van der Waals surface area contributed by atoms with Crippen molar-refractivity contribution >= 4 is 23.7 Å². The summed E-state index contributed by atoms with van der Waals surface area (Å²) in [4.78, 5) is 41.7. The van der Waals surface area contributed by atoms with Crippen molar-refractivity contribution in [2.75, 3.05) is 25.4 Å². The number of hydrogen-bond donors (Lipinski definition) is 3. The van der Waals surface area contributed by atoms with E-state index in [1.807, 2.05) is 0 Å². The standard InChI is InChI=1S/C17H25N5O4/c1-2-26-16(24)13-5-3-4-8-22(13)15(23)11-21-17(25)20-10-12-6-7-14(18)19-9-12/h6-7,9,13H,2-5,8,10-11H2,1H3,(H2,18,19)(H2,20,21,25). The van der Waals surface area contributed by atoms with Gasteiger partial charge in [-0.2, -0.15) is 0 Å². The first kappa shape index (κ1) is 19.5. The molecule has 142 valence electrons. The van der Waals surface area contributed by atoms with Crippen LogP contribution < -0.4 is 16.4 Å². The van der Waals surface area contributed by atoms with Crippen LogP contribution in [0.3, 0.4) is 0 Å². The van der Waals surface area contributed by atoms with Crippen LogP contribution >= 0.6 is 0 Å². The number of aromatic nitrogens is 1. The number of carbonyl (C=O) groups is 3. The highest BCUT2D eigenvalue weighted by Crippen LogP contribution is 2.18. The van der Waals surface area contributed by atoms with Gasteiger partial charge in [0, 0.05) is 19.3 Å². The fraction of sp³-hybridized carbons (Fsp3) is 0.529. The molecule has 1 saturated heterocycles. The largest absolute Gasteiger partial charge is 0.464 e. The Balaban J connectivity index is 1.79. The fourth-order valence-corrected chi connectivity index (χ4v) is 2.76. The highest BCUT2D eigenvalue weighted by Gasteiger charge is 2.32. The average molecular weight is 363 g/mol. The molecule has 2 heterocycles. The average Bonchev–Trinajstić information content (AvgIpc) is 2.65. The van der Waals surface area contributed by atoms with Crippen LogP contribution in [0.4, 0.5) is 10.6 Å². The van der Waals surface area contributed by atoms with Crippen molar-refractivity contribution in [3.8, 4) is 0 Å². The van der Waals surface area contributed by atoms with E-state index in [0.29, 0.717) is 18.8 Å². The lowest BCUT2D eigenvalue weighted by atomic mass is 10.0. The maximum Gasteiger partial charge on any atom is 0.328 e. The van der Waals surface area contributed by atoms with Crippen molar-refractivity contribution in [1.82, 2.24) is 20.5 Å². The third-order valence-electron chi connectivity index (χ3n) is 4.08. The first-order valence-corrected chi connectivity index (χ1v) is 8.69. The van der Waals surface area contributed by atoms with Crippen LogP contribution in [0.15, 0.2) is 18.3 Å². The minimum absolute atomic E-state index is 0.179. The third-order valence-corrected chi connectivity index (χ3v) is 4.08. The van der Waals surface area contributed by atoms with Gasteiger partial charge >= 0.3 is 12.0 Å². The molecule has 1 aromatic rings. The number of urea groups is 1. The Morgan fingerprint density at radius 1 is 1.31 bits per heavy atom. The Labute approximate surface area is 152 Å². The normalized spacial score (nSPS) is 16.7. The van der Waals surface area contributed by atoms with Crippen molar-refractivity contribution in [3.05, 3.63) is 23.9 Å². The van der Waals surface area contributed by atoms with Gasteiger partial charge in [-0.15, -0.1) is 0 Å². The molecule has 4 N–H and O–H groups in total. The zero-order chi connectivity index (χ0) is 18.9. The lowest BCUT2D eigenvalue weighted by Gasteiger charge is -2.34. The summed E-state index contributed by atoms with van der Waals surface area (Å²) >= 11 is 0. The lowest BCUT2D eigenvalue weighted by molar-refractivity contribution is -0.156. The van der Waals surface area contributed by atoms with Crippen molar-refractivity contribution < 1.29 is 19.1 Å². The molecule has 9 nitrogen and oxygen atoms in total. The lowest BCUT2D eigenvalue weighted by Crippen LogP contribution is -2.52. The number of nitrogens with zero attached hydrogens (tertiary/aromatic N) is 2. The Morgan fingerprint density at radius 2 is 2.12 bits per heavy atom. The number of carbonyl (C=O) groups excluding carboxylic acids is 3. The second kappa shape index (κ2) is 9.59. The Bertz CT molecular complexity index is 635. The van der Waals surface area contributed by atoms with Crippen molar-refractivity contribution in [2.24, 2.45) is 0 Å². The number of anilines is 1. The van der Waals surface area contributed by atoms with Gasteiger partial charge in [0.05, 0.1) is 13.2 Å². The van der Waals surface area contributed by atoms with E-state index < -0.39 is 12.1 Å². The van der Waals surface area contributed by atoms with Crippen LogP contribution in [0.1, 0.15) is 31.7 Å². The molecule has 26 heavy (non-hydrogen) atoms. The number of nitrogens with two attached hydrogens (primary N) is 1. The molecule has 1 aliphatic rings. The number of likely N-dealkylation sites (tertiary alicyclic amines) is 1. The van der Waals surface area contributed by atoms with Gasteiger partial charge in [-0.1, -0.05) is 6.07 Å². The first-order valence-electron chi connectivity index (χ1n) is 8.69. The summed E-state index contributed by atoms with van der Waals surface area (Å²) in [5.74, 6) is -0.283. The van der Waals surface area contributed by atoms with E-state index in [2.05, 4.69) is 15.6 Å². The number of hydrogen-bond acceptors (Lipinski definition) is 6. The number of rotatable bonds is 6. The molecule has 1 unspecified atom stereocenters. The fourth-order valence-electron chi connectivity index (χ4n) is 2.76. The van der Waals surface area contributed by atoms with E-state index in [-0.39, 0.29) is 31.6 Å². The monoisotopic (exact) mass is 363 g/mol. The van der Waals surface area contributed by atoms with Crippen LogP contribution in [-0.4, -0.2) is 53.5 Å². The summed E-state index contributed by atoms with van der Waals surface area (Å²) in [7, 11) is 0. The van der Waals surface area contributed by atoms with Gasteiger partial charge in [-0.25, -0.2) is 14.6 Å². The number of nitrogens with one attached hydrogen (secondary N) is 2. The van der Waals surface area contributed by atoms with Gasteiger partial charge < -0.3 is 26.0 Å². The zero-order valence-corrected chi connectivity index (χ0v) is 14.9. The molecular formula is C17H25N5O4. The predicted octanol–water partition coefficient (Wildman–Crippen LogP) is 0.407. The Morgan fingerprint density at radius 3 is 2.81 bits per heavy atom. The predicted molar refractivity (Wildman–Crippen MR) is 94.9 cm³/mol. The van der Waals surface area contributed by atoms with Crippen LogP contribution in [0.25, 0.3) is 0 Å². The van der Waals surface area contributed by atoms with Gasteiger partial charge in [-0.05, 0) is 37.8 Å². The molecule has 0 saturated carbocycles. The smallest absolute Gasteiger partial charge is 0.328 e. The Kier molecular flexibility index (Phi) is 7.19. The second-order valence-electron chi connectivity index (χ2n) is 5.98. The van der Waals surface area contributed by atoms with Gasteiger partial charge in [0.25, 0.3) is 0 Å². The molecule has 0 spiro atoms. The highest BCUT2D eigenvalue weighted by molar-refractivity contribution is 5.88. The number of ether oxygens (including phenoxy) is 1. The molecule has 1 fully saturated rings. The molecule has 1 atom stereocenters. The molecule has 0 radical (unpaired) electrons. The van der Waals surface area contributed by atoms with E-state index in [4.69, 9.17) is 10.5 Å². The Hall–Kier alpha value is -2.84. The van der Waals surface area contributed by atoms with Crippen LogP contribution in [0.2, 0.25) is 0 Å². The summed E-state index contributed by atoms with van der Waals surface area (Å²) < 4.78 is 5.04. The quantitative estimate of drug-likeness (QED) is 0.628. The van der Waals surface area contributed by atoms with E-state index in [1.54, 1.807) is 25.3 Å². The SMILES string of the molecule is CCOC(=O)C1CCCCN1C(=O)CNC(=O)NCc1ccc(N)nc1. The number of esters is 1. The summed E-state index contributed by atoms with van der Waals surface area (Å²) in [6.07, 6.45) is 3.86. The molecule has 1 aromatic heterocycles. The molecule has 0 aliphatic carbocycles. The summed E-state index contributed by atoms with van der Waals surface area (Å²) in [5, 5.41) is 5.15. The minimum atomic E-state index is -0.568. The molecule has 1 aliphatic heterocycles. The number of nitrogen functional groups attached to an aromatic ring is 1. The van der Waals surface area contributed by atoms with Crippen molar-refractivity contribution in [1.29, 1.82) is 0 Å². The van der Waals surface area contributed by atoms with Crippen molar-refractivity contribution in [2.45, 2.75) is 38.8 Å². The molecule has 0 aromatic carbocycles. The summed E-state index contributed by atoms with van der Waals surface area (Å²) in [6, 6.07) is 2.36. The maximum atomic E-state index is 12.4. The van der Waals surface area contributed by atoms with E-state index in [1.165, 1.54) is 4.90 Å². The number of pyridine rings is 1. The maximum absolute atomic E-state index is 12.4.